The summed E-state index contributed by atoms with van der Waals surface area (Å²) < 4.78 is 0. The van der Waals surface area contributed by atoms with Gasteiger partial charge in [-0.25, -0.2) is 4.98 Å². The zero-order valence-electron chi connectivity index (χ0n) is 9.55. The van der Waals surface area contributed by atoms with Crippen LogP contribution in [0.4, 0.5) is 0 Å². The van der Waals surface area contributed by atoms with Crippen LogP contribution in [-0.2, 0) is 6.54 Å². The maximum Gasteiger partial charge on any atom is 0.103 e. The molecule has 1 aliphatic rings. The van der Waals surface area contributed by atoms with Crippen LogP contribution in [0.25, 0.3) is 0 Å². The quantitative estimate of drug-likeness (QED) is 0.748. The maximum absolute atomic E-state index is 4.20. The van der Waals surface area contributed by atoms with Crippen molar-refractivity contribution < 1.29 is 0 Å². The van der Waals surface area contributed by atoms with Crippen molar-refractivity contribution in [2.24, 2.45) is 0 Å². The number of imidazole rings is 1. The highest BCUT2D eigenvalue weighted by atomic mass is 15.0. The summed E-state index contributed by atoms with van der Waals surface area (Å²) in [6, 6.07) is 0.719. The lowest BCUT2D eigenvalue weighted by atomic mass is 10.1. The molecule has 1 fully saturated rings. The molecule has 2 N–H and O–H groups in total. The van der Waals surface area contributed by atoms with Gasteiger partial charge in [0.1, 0.15) is 5.82 Å². The summed E-state index contributed by atoms with van der Waals surface area (Å²) in [5, 5.41) is 3.62. The van der Waals surface area contributed by atoms with Gasteiger partial charge in [0, 0.05) is 24.5 Å². The normalized spacial score (nSPS) is 19.0. The van der Waals surface area contributed by atoms with E-state index < -0.39 is 0 Å². The molecule has 1 aromatic rings. The summed E-state index contributed by atoms with van der Waals surface area (Å²) in [7, 11) is 0. The summed E-state index contributed by atoms with van der Waals surface area (Å²) in [4.78, 5) is 7.46. The summed E-state index contributed by atoms with van der Waals surface area (Å²) >= 11 is 0. The topological polar surface area (TPSA) is 40.7 Å². The van der Waals surface area contributed by atoms with E-state index in [1.54, 1.807) is 0 Å². The molecule has 15 heavy (non-hydrogen) atoms. The van der Waals surface area contributed by atoms with Gasteiger partial charge in [-0.1, -0.05) is 25.7 Å². The molecule has 1 heterocycles. The van der Waals surface area contributed by atoms with Crippen LogP contribution in [0, 0.1) is 6.92 Å². The SMILES string of the molecule is Cc1ncc(CNC2CCCCCC2)[nH]1. The second kappa shape index (κ2) is 5.31. The van der Waals surface area contributed by atoms with Crippen molar-refractivity contribution >= 4 is 0 Å². The van der Waals surface area contributed by atoms with Crippen molar-refractivity contribution in [3.8, 4) is 0 Å². The number of aryl methyl sites for hydroxylation is 1. The fourth-order valence-corrected chi connectivity index (χ4v) is 2.30. The maximum atomic E-state index is 4.20. The van der Waals surface area contributed by atoms with E-state index in [1.807, 2.05) is 13.1 Å². The number of aromatic amines is 1. The second-order valence-corrected chi connectivity index (χ2v) is 4.56. The average molecular weight is 207 g/mol. The van der Waals surface area contributed by atoms with E-state index in [-0.39, 0.29) is 0 Å². The van der Waals surface area contributed by atoms with E-state index >= 15 is 0 Å². The molecule has 0 spiro atoms. The zero-order chi connectivity index (χ0) is 10.5. The predicted octanol–water partition coefficient (Wildman–Crippen LogP) is 2.53. The Bertz CT molecular complexity index is 285. The van der Waals surface area contributed by atoms with Gasteiger partial charge in [0.2, 0.25) is 0 Å². The van der Waals surface area contributed by atoms with Crippen molar-refractivity contribution in [3.63, 3.8) is 0 Å². The Morgan fingerprint density at radius 1 is 1.33 bits per heavy atom. The molecule has 0 saturated heterocycles. The first-order chi connectivity index (χ1) is 7.34. The number of hydrogen-bond donors (Lipinski definition) is 2. The Kier molecular flexibility index (Phi) is 3.78. The molecule has 1 aromatic heterocycles. The summed E-state index contributed by atoms with van der Waals surface area (Å²) in [5.41, 5.74) is 1.21. The molecular weight excluding hydrogens is 186 g/mol. The standard InChI is InChI=1S/C12H21N3/c1-10-13-8-12(15-10)9-14-11-6-4-2-3-5-7-11/h8,11,14H,2-7,9H2,1H3,(H,13,15). The van der Waals surface area contributed by atoms with Gasteiger partial charge in [-0.3, -0.25) is 0 Å². The number of rotatable bonds is 3. The molecule has 3 heteroatoms. The number of nitrogens with one attached hydrogen (secondary N) is 2. The zero-order valence-corrected chi connectivity index (χ0v) is 9.55. The van der Waals surface area contributed by atoms with Gasteiger partial charge in [-0.05, 0) is 19.8 Å². The summed E-state index contributed by atoms with van der Waals surface area (Å²) in [6.07, 6.45) is 10.2. The predicted molar refractivity (Wildman–Crippen MR) is 61.7 cm³/mol. The fraction of sp³-hybridized carbons (Fsp3) is 0.750. The first-order valence-electron chi connectivity index (χ1n) is 6.08. The van der Waals surface area contributed by atoms with Crippen LogP contribution < -0.4 is 5.32 Å². The molecule has 1 saturated carbocycles. The average Bonchev–Trinajstić information content (AvgIpc) is 2.52. The van der Waals surface area contributed by atoms with E-state index in [2.05, 4.69) is 15.3 Å². The molecule has 0 atom stereocenters. The smallest absolute Gasteiger partial charge is 0.103 e. The molecule has 3 nitrogen and oxygen atoms in total. The Hall–Kier alpha value is -0.830. The minimum absolute atomic E-state index is 0.719. The Labute approximate surface area is 91.7 Å². The van der Waals surface area contributed by atoms with Crippen LogP contribution in [0.15, 0.2) is 6.20 Å². The molecule has 0 bridgehead atoms. The number of nitrogens with zero attached hydrogens (tertiary/aromatic N) is 1. The third-order valence-electron chi connectivity index (χ3n) is 3.19. The molecular formula is C12H21N3. The van der Waals surface area contributed by atoms with Crippen molar-refractivity contribution in [3.05, 3.63) is 17.7 Å². The minimum atomic E-state index is 0.719. The fourth-order valence-electron chi connectivity index (χ4n) is 2.30. The highest BCUT2D eigenvalue weighted by molar-refractivity contribution is 4.99. The highest BCUT2D eigenvalue weighted by Crippen LogP contribution is 2.17. The van der Waals surface area contributed by atoms with Crippen molar-refractivity contribution in [1.82, 2.24) is 15.3 Å². The van der Waals surface area contributed by atoms with Crippen molar-refractivity contribution in [2.45, 2.75) is 58.0 Å². The number of hydrogen-bond acceptors (Lipinski definition) is 2. The number of H-pyrrole nitrogens is 1. The van der Waals surface area contributed by atoms with Gasteiger partial charge in [-0.2, -0.15) is 0 Å². The monoisotopic (exact) mass is 207 g/mol. The van der Waals surface area contributed by atoms with Crippen LogP contribution in [0.1, 0.15) is 50.0 Å². The van der Waals surface area contributed by atoms with Gasteiger partial charge in [0.15, 0.2) is 0 Å². The van der Waals surface area contributed by atoms with E-state index in [0.29, 0.717) is 0 Å². The molecule has 1 aliphatic carbocycles. The van der Waals surface area contributed by atoms with Gasteiger partial charge < -0.3 is 10.3 Å². The van der Waals surface area contributed by atoms with Gasteiger partial charge >= 0.3 is 0 Å². The largest absolute Gasteiger partial charge is 0.345 e. The molecule has 0 radical (unpaired) electrons. The highest BCUT2D eigenvalue weighted by Gasteiger charge is 2.11. The molecule has 2 rings (SSSR count). The van der Waals surface area contributed by atoms with Crippen LogP contribution in [0.2, 0.25) is 0 Å². The van der Waals surface area contributed by atoms with Crippen LogP contribution >= 0.6 is 0 Å². The lowest BCUT2D eigenvalue weighted by Gasteiger charge is -2.15. The van der Waals surface area contributed by atoms with Crippen LogP contribution in [0.3, 0.4) is 0 Å². The van der Waals surface area contributed by atoms with Crippen molar-refractivity contribution in [2.75, 3.05) is 0 Å². The minimum Gasteiger partial charge on any atom is -0.345 e. The Balaban J connectivity index is 1.76. The van der Waals surface area contributed by atoms with Crippen molar-refractivity contribution in [1.29, 1.82) is 0 Å². The van der Waals surface area contributed by atoms with E-state index in [1.165, 1.54) is 44.2 Å². The van der Waals surface area contributed by atoms with Gasteiger partial charge in [0.25, 0.3) is 0 Å². The Morgan fingerprint density at radius 2 is 2.07 bits per heavy atom. The van der Waals surface area contributed by atoms with Crippen LogP contribution in [-0.4, -0.2) is 16.0 Å². The lowest BCUT2D eigenvalue weighted by Crippen LogP contribution is -2.27. The van der Waals surface area contributed by atoms with E-state index in [0.717, 1.165) is 18.4 Å². The summed E-state index contributed by atoms with van der Waals surface area (Å²) in [6.45, 7) is 2.93. The second-order valence-electron chi connectivity index (χ2n) is 4.56. The molecule has 0 amide bonds. The third kappa shape index (κ3) is 3.34. The first kappa shape index (κ1) is 10.7. The molecule has 0 aromatic carbocycles. The lowest BCUT2D eigenvalue weighted by molar-refractivity contribution is 0.456. The molecule has 0 aliphatic heterocycles. The molecule has 0 unspecified atom stereocenters. The van der Waals surface area contributed by atoms with Crippen LogP contribution in [0.5, 0.6) is 0 Å². The number of aromatic nitrogens is 2. The van der Waals surface area contributed by atoms with E-state index in [9.17, 15) is 0 Å². The van der Waals surface area contributed by atoms with Gasteiger partial charge in [0.05, 0.1) is 0 Å². The Morgan fingerprint density at radius 3 is 2.67 bits per heavy atom. The first-order valence-corrected chi connectivity index (χ1v) is 6.08. The van der Waals surface area contributed by atoms with E-state index in [4.69, 9.17) is 0 Å². The third-order valence-corrected chi connectivity index (χ3v) is 3.19. The summed E-state index contributed by atoms with van der Waals surface area (Å²) in [5.74, 6) is 1.01. The molecule has 84 valence electrons. The van der Waals surface area contributed by atoms with Gasteiger partial charge in [-0.15, -0.1) is 0 Å².